The Bertz CT molecular complexity index is 329. The predicted molar refractivity (Wildman–Crippen MR) is 71.5 cm³/mol. The molecule has 4 atom stereocenters. The van der Waals surface area contributed by atoms with Crippen LogP contribution in [0.5, 0.6) is 0 Å². The van der Waals surface area contributed by atoms with Gasteiger partial charge in [0.1, 0.15) is 0 Å². The molecule has 4 nitrogen and oxygen atoms in total. The van der Waals surface area contributed by atoms with Crippen molar-refractivity contribution < 1.29 is 14.6 Å². The van der Waals surface area contributed by atoms with E-state index in [0.717, 1.165) is 24.9 Å². The van der Waals surface area contributed by atoms with Gasteiger partial charge in [0.25, 0.3) is 0 Å². The van der Waals surface area contributed by atoms with Gasteiger partial charge >= 0.3 is 0 Å². The molecule has 3 aliphatic rings. The second-order valence-corrected chi connectivity index (χ2v) is 6.66. The molecule has 3 fully saturated rings. The Hall–Kier alpha value is -0.610. The molecule has 0 saturated heterocycles. The molecule has 0 aromatic heterocycles. The molecule has 1 amide bonds. The summed E-state index contributed by atoms with van der Waals surface area (Å²) in [5.74, 6) is 2.46. The molecule has 3 aliphatic carbocycles. The summed E-state index contributed by atoms with van der Waals surface area (Å²) < 4.78 is 5.43. The lowest BCUT2D eigenvalue weighted by molar-refractivity contribution is -0.127. The van der Waals surface area contributed by atoms with Crippen LogP contribution in [0.2, 0.25) is 0 Å². The SMILES string of the molecule is O=C(NCC(O)COCC1CC1)C1CC2CCC1C2. The summed E-state index contributed by atoms with van der Waals surface area (Å²) in [4.78, 5) is 12.1. The van der Waals surface area contributed by atoms with Crippen LogP contribution in [0, 0.1) is 23.7 Å². The van der Waals surface area contributed by atoms with E-state index in [1.165, 1.54) is 32.1 Å². The normalized spacial score (nSPS) is 34.5. The zero-order valence-corrected chi connectivity index (χ0v) is 11.5. The smallest absolute Gasteiger partial charge is 0.223 e. The fourth-order valence-electron chi connectivity index (χ4n) is 3.63. The van der Waals surface area contributed by atoms with E-state index in [-0.39, 0.29) is 11.8 Å². The van der Waals surface area contributed by atoms with Crippen molar-refractivity contribution in [1.82, 2.24) is 5.32 Å². The molecule has 3 rings (SSSR count). The van der Waals surface area contributed by atoms with E-state index in [4.69, 9.17) is 4.74 Å². The molecule has 0 radical (unpaired) electrons. The highest BCUT2D eigenvalue weighted by Crippen LogP contribution is 2.48. The fraction of sp³-hybridized carbons (Fsp3) is 0.933. The summed E-state index contributed by atoms with van der Waals surface area (Å²) in [6.45, 7) is 1.43. The molecule has 0 heterocycles. The summed E-state index contributed by atoms with van der Waals surface area (Å²) >= 11 is 0. The molecule has 0 aliphatic heterocycles. The maximum Gasteiger partial charge on any atom is 0.223 e. The third-order valence-corrected chi connectivity index (χ3v) is 4.95. The number of carbonyl (C=O) groups excluding carboxylic acids is 1. The summed E-state index contributed by atoms with van der Waals surface area (Å²) in [7, 11) is 0. The van der Waals surface area contributed by atoms with Gasteiger partial charge in [0.15, 0.2) is 0 Å². The number of aliphatic hydroxyl groups excluding tert-OH is 1. The quantitative estimate of drug-likeness (QED) is 0.731. The van der Waals surface area contributed by atoms with Crippen LogP contribution in [0.4, 0.5) is 0 Å². The average molecular weight is 267 g/mol. The van der Waals surface area contributed by atoms with Gasteiger partial charge in [-0.1, -0.05) is 6.42 Å². The van der Waals surface area contributed by atoms with E-state index in [1.807, 2.05) is 0 Å². The van der Waals surface area contributed by atoms with Gasteiger partial charge < -0.3 is 15.2 Å². The minimum absolute atomic E-state index is 0.147. The molecule has 4 unspecified atom stereocenters. The van der Waals surface area contributed by atoms with Gasteiger partial charge in [0.2, 0.25) is 5.91 Å². The van der Waals surface area contributed by atoms with Crippen molar-refractivity contribution in [2.75, 3.05) is 19.8 Å². The number of nitrogens with one attached hydrogen (secondary N) is 1. The van der Waals surface area contributed by atoms with Crippen LogP contribution in [0.25, 0.3) is 0 Å². The number of hydrogen-bond donors (Lipinski definition) is 2. The van der Waals surface area contributed by atoms with Gasteiger partial charge in [-0.3, -0.25) is 4.79 Å². The summed E-state index contributed by atoms with van der Waals surface area (Å²) in [5, 5.41) is 12.7. The number of ether oxygens (including phenoxy) is 1. The van der Waals surface area contributed by atoms with Crippen LogP contribution in [-0.2, 0) is 9.53 Å². The van der Waals surface area contributed by atoms with Gasteiger partial charge in [0.05, 0.1) is 12.7 Å². The van der Waals surface area contributed by atoms with Gasteiger partial charge in [-0.15, -0.1) is 0 Å². The van der Waals surface area contributed by atoms with Crippen molar-refractivity contribution in [3.8, 4) is 0 Å². The van der Waals surface area contributed by atoms with Gasteiger partial charge in [0, 0.05) is 19.1 Å². The van der Waals surface area contributed by atoms with E-state index in [0.29, 0.717) is 19.1 Å². The molecule has 0 aromatic rings. The highest BCUT2D eigenvalue weighted by atomic mass is 16.5. The minimum atomic E-state index is -0.568. The van der Waals surface area contributed by atoms with E-state index in [2.05, 4.69) is 5.32 Å². The van der Waals surface area contributed by atoms with Crippen LogP contribution >= 0.6 is 0 Å². The van der Waals surface area contributed by atoms with E-state index < -0.39 is 6.10 Å². The van der Waals surface area contributed by atoms with Crippen LogP contribution in [-0.4, -0.2) is 36.9 Å². The Morgan fingerprint density at radius 3 is 2.74 bits per heavy atom. The van der Waals surface area contributed by atoms with Crippen molar-refractivity contribution in [3.05, 3.63) is 0 Å². The second kappa shape index (κ2) is 5.80. The first-order chi connectivity index (χ1) is 9.22. The van der Waals surface area contributed by atoms with Gasteiger partial charge in [-0.05, 0) is 49.9 Å². The average Bonchev–Trinajstić information content (AvgIpc) is 2.99. The Morgan fingerprint density at radius 1 is 1.26 bits per heavy atom. The zero-order chi connectivity index (χ0) is 13.2. The molecule has 3 saturated carbocycles. The number of rotatable bonds is 7. The molecule has 0 aromatic carbocycles. The summed E-state index contributed by atoms with van der Waals surface area (Å²) in [6, 6.07) is 0. The maximum absolute atomic E-state index is 12.1. The molecule has 108 valence electrons. The molecular weight excluding hydrogens is 242 g/mol. The Balaban J connectivity index is 1.31. The van der Waals surface area contributed by atoms with Crippen LogP contribution < -0.4 is 5.32 Å². The van der Waals surface area contributed by atoms with Gasteiger partial charge in [-0.2, -0.15) is 0 Å². The molecule has 4 heteroatoms. The lowest BCUT2D eigenvalue weighted by Crippen LogP contribution is -2.39. The van der Waals surface area contributed by atoms with Crippen molar-refractivity contribution in [1.29, 1.82) is 0 Å². The number of aliphatic hydroxyl groups is 1. The Morgan fingerprint density at radius 2 is 2.11 bits per heavy atom. The largest absolute Gasteiger partial charge is 0.389 e. The molecular formula is C15H25NO3. The lowest BCUT2D eigenvalue weighted by Gasteiger charge is -2.21. The first-order valence-electron chi connectivity index (χ1n) is 7.76. The third-order valence-electron chi connectivity index (χ3n) is 4.95. The zero-order valence-electron chi connectivity index (χ0n) is 11.5. The Labute approximate surface area is 114 Å². The van der Waals surface area contributed by atoms with E-state index in [1.54, 1.807) is 0 Å². The number of fused-ring (bicyclic) bond motifs is 2. The monoisotopic (exact) mass is 267 g/mol. The first-order valence-corrected chi connectivity index (χ1v) is 7.76. The highest BCUT2D eigenvalue weighted by molar-refractivity contribution is 5.79. The standard InChI is InChI=1S/C15H25NO3/c17-13(9-19-8-10-1-2-10)7-16-15(18)14-6-11-3-4-12(14)5-11/h10-14,17H,1-9H2,(H,16,18). The van der Waals surface area contributed by atoms with Crippen molar-refractivity contribution in [2.45, 2.75) is 44.6 Å². The topological polar surface area (TPSA) is 58.6 Å². The fourth-order valence-corrected chi connectivity index (χ4v) is 3.63. The highest BCUT2D eigenvalue weighted by Gasteiger charge is 2.42. The molecule has 0 spiro atoms. The molecule has 2 bridgehead atoms. The van der Waals surface area contributed by atoms with E-state index in [9.17, 15) is 9.90 Å². The number of hydrogen-bond acceptors (Lipinski definition) is 3. The summed E-state index contributed by atoms with van der Waals surface area (Å²) in [5.41, 5.74) is 0. The first kappa shape index (κ1) is 13.4. The number of amides is 1. The van der Waals surface area contributed by atoms with Gasteiger partial charge in [-0.25, -0.2) is 0 Å². The summed E-state index contributed by atoms with van der Waals surface area (Å²) in [6.07, 6.45) is 6.78. The maximum atomic E-state index is 12.1. The van der Waals surface area contributed by atoms with Crippen LogP contribution in [0.15, 0.2) is 0 Å². The van der Waals surface area contributed by atoms with Crippen LogP contribution in [0.1, 0.15) is 38.5 Å². The van der Waals surface area contributed by atoms with Crippen molar-refractivity contribution in [2.24, 2.45) is 23.7 Å². The lowest BCUT2D eigenvalue weighted by atomic mass is 9.88. The molecule has 19 heavy (non-hydrogen) atoms. The van der Waals surface area contributed by atoms with Crippen molar-refractivity contribution in [3.63, 3.8) is 0 Å². The second-order valence-electron chi connectivity index (χ2n) is 6.66. The number of carbonyl (C=O) groups is 1. The Kier molecular flexibility index (Phi) is 4.08. The third kappa shape index (κ3) is 3.48. The van der Waals surface area contributed by atoms with Crippen LogP contribution in [0.3, 0.4) is 0 Å². The predicted octanol–water partition coefficient (Wildman–Crippen LogP) is 1.33. The van der Waals surface area contributed by atoms with Crippen molar-refractivity contribution >= 4 is 5.91 Å². The van der Waals surface area contributed by atoms with E-state index >= 15 is 0 Å². The molecule has 2 N–H and O–H groups in total. The minimum Gasteiger partial charge on any atom is -0.389 e.